The van der Waals surface area contributed by atoms with Crippen molar-refractivity contribution in [2.75, 3.05) is 18.4 Å². The number of fused-ring (bicyclic) bond motifs is 3. The number of H-pyrrole nitrogens is 1. The predicted molar refractivity (Wildman–Crippen MR) is 91.4 cm³/mol. The molecule has 5 N–H and O–H groups in total. The van der Waals surface area contributed by atoms with Crippen LogP contribution in [0.2, 0.25) is 0 Å². The summed E-state index contributed by atoms with van der Waals surface area (Å²) in [5.74, 6) is 0.276. The van der Waals surface area contributed by atoms with E-state index in [9.17, 15) is 9.59 Å². The van der Waals surface area contributed by atoms with Crippen LogP contribution in [0.25, 0.3) is 16.6 Å². The van der Waals surface area contributed by atoms with Crippen molar-refractivity contribution in [2.45, 2.75) is 18.8 Å². The number of nitrogens with one attached hydrogen (secondary N) is 3. The summed E-state index contributed by atoms with van der Waals surface area (Å²) < 4.78 is 1.79. The molecular formula is C16H18N6O2. The number of nitrogens with zero attached hydrogens (tertiary/aromatic N) is 2. The number of carbonyl (C=O) groups is 1. The average Bonchev–Trinajstić information content (AvgIpc) is 2.94. The number of hydrogen-bond acceptors (Lipinski definition) is 4. The number of carbonyl (C=O) groups excluding carboxylic acids is 1. The second-order valence-electron chi connectivity index (χ2n) is 6.03. The predicted octanol–water partition coefficient (Wildman–Crippen LogP) is 1.13. The Labute approximate surface area is 137 Å². The number of hydrogen-bond donors (Lipinski definition) is 4. The number of benzene rings is 1. The van der Waals surface area contributed by atoms with Gasteiger partial charge in [-0.05, 0) is 38.1 Å². The second-order valence-corrected chi connectivity index (χ2v) is 6.03. The molecule has 0 bridgehead atoms. The van der Waals surface area contributed by atoms with Crippen LogP contribution in [-0.4, -0.2) is 33.7 Å². The lowest BCUT2D eigenvalue weighted by Crippen LogP contribution is -2.28. The molecule has 1 aliphatic rings. The van der Waals surface area contributed by atoms with Gasteiger partial charge in [0, 0.05) is 12.0 Å². The van der Waals surface area contributed by atoms with Crippen LogP contribution in [0, 0.1) is 0 Å². The van der Waals surface area contributed by atoms with Gasteiger partial charge in [0.05, 0.1) is 22.3 Å². The van der Waals surface area contributed by atoms with E-state index in [0.29, 0.717) is 22.2 Å². The molecule has 0 unspecified atom stereocenters. The Bertz CT molecular complexity index is 983. The standard InChI is InChI=1S/C16H18N6O2/c17-16(24)19-10-2-1-3-11-14(10)15-20-13(23)8-12(22(15)21-11)9-4-6-18-7-5-9/h1-3,8-9,18H,4-7H2,(H,20,23)(H3,17,19,24). The third kappa shape index (κ3) is 2.41. The van der Waals surface area contributed by atoms with Crippen LogP contribution in [-0.2, 0) is 0 Å². The Balaban J connectivity index is 1.99. The van der Waals surface area contributed by atoms with Crippen LogP contribution in [0.15, 0.2) is 29.1 Å². The molecule has 3 heterocycles. The van der Waals surface area contributed by atoms with Crippen molar-refractivity contribution in [1.29, 1.82) is 0 Å². The fourth-order valence-corrected chi connectivity index (χ4v) is 3.43. The topological polar surface area (TPSA) is 117 Å². The highest BCUT2D eigenvalue weighted by atomic mass is 16.2. The van der Waals surface area contributed by atoms with Gasteiger partial charge >= 0.3 is 6.03 Å². The first kappa shape index (κ1) is 14.7. The first-order valence-corrected chi connectivity index (χ1v) is 7.95. The molecule has 1 aromatic carbocycles. The normalized spacial score (nSPS) is 15.8. The van der Waals surface area contributed by atoms with Crippen LogP contribution in [0.4, 0.5) is 10.5 Å². The smallest absolute Gasteiger partial charge is 0.316 e. The summed E-state index contributed by atoms with van der Waals surface area (Å²) >= 11 is 0. The molecule has 1 aliphatic heterocycles. The Morgan fingerprint density at radius 3 is 2.88 bits per heavy atom. The monoisotopic (exact) mass is 326 g/mol. The zero-order chi connectivity index (χ0) is 16.7. The number of rotatable bonds is 2. The van der Waals surface area contributed by atoms with Gasteiger partial charge < -0.3 is 21.4 Å². The number of amides is 2. The van der Waals surface area contributed by atoms with Gasteiger partial charge in [0.1, 0.15) is 5.65 Å². The van der Waals surface area contributed by atoms with Crippen molar-refractivity contribution in [3.8, 4) is 0 Å². The summed E-state index contributed by atoms with van der Waals surface area (Å²) in [6.45, 7) is 1.85. The van der Waals surface area contributed by atoms with Crippen molar-refractivity contribution < 1.29 is 4.79 Å². The maximum atomic E-state index is 12.2. The number of aromatic nitrogens is 3. The third-order valence-corrected chi connectivity index (χ3v) is 4.48. The van der Waals surface area contributed by atoms with Crippen LogP contribution in [0.3, 0.4) is 0 Å². The average molecular weight is 326 g/mol. The van der Waals surface area contributed by atoms with Crippen LogP contribution in [0.5, 0.6) is 0 Å². The summed E-state index contributed by atoms with van der Waals surface area (Å²) in [4.78, 5) is 26.3. The van der Waals surface area contributed by atoms with E-state index in [-0.39, 0.29) is 11.5 Å². The van der Waals surface area contributed by atoms with Gasteiger partial charge in [-0.25, -0.2) is 9.31 Å². The lowest BCUT2D eigenvalue weighted by atomic mass is 9.94. The molecular weight excluding hydrogens is 308 g/mol. The maximum absolute atomic E-state index is 12.2. The molecule has 0 saturated carbocycles. The summed E-state index contributed by atoms with van der Waals surface area (Å²) in [5, 5.41) is 11.2. The van der Waals surface area contributed by atoms with Crippen LogP contribution < -0.4 is 21.9 Å². The SMILES string of the molecule is NC(=O)Nc1cccc2nn3c(C4CCNCC4)cc(=O)[nH]c3c12. The first-order chi connectivity index (χ1) is 11.6. The highest BCUT2D eigenvalue weighted by molar-refractivity contribution is 6.06. The zero-order valence-corrected chi connectivity index (χ0v) is 13.0. The van der Waals surface area contributed by atoms with Gasteiger partial charge in [-0.15, -0.1) is 0 Å². The molecule has 124 valence electrons. The van der Waals surface area contributed by atoms with E-state index < -0.39 is 6.03 Å². The third-order valence-electron chi connectivity index (χ3n) is 4.48. The number of primary amides is 1. The molecule has 8 heteroatoms. The van der Waals surface area contributed by atoms with E-state index in [1.54, 1.807) is 22.7 Å². The molecule has 1 fully saturated rings. The van der Waals surface area contributed by atoms with E-state index in [4.69, 9.17) is 5.73 Å². The fraction of sp³-hybridized carbons (Fsp3) is 0.312. The Morgan fingerprint density at radius 2 is 2.12 bits per heavy atom. The van der Waals surface area contributed by atoms with Crippen molar-refractivity contribution in [3.05, 3.63) is 40.3 Å². The van der Waals surface area contributed by atoms with Crippen LogP contribution >= 0.6 is 0 Å². The lowest BCUT2D eigenvalue weighted by molar-refractivity contribution is 0.259. The summed E-state index contributed by atoms with van der Waals surface area (Å²) in [7, 11) is 0. The van der Waals surface area contributed by atoms with Crippen molar-refractivity contribution in [1.82, 2.24) is 19.9 Å². The largest absolute Gasteiger partial charge is 0.351 e. The molecule has 8 nitrogen and oxygen atoms in total. The quantitative estimate of drug-likeness (QED) is 0.565. The minimum atomic E-state index is -0.654. The molecule has 1 saturated heterocycles. The highest BCUT2D eigenvalue weighted by Crippen LogP contribution is 2.30. The van der Waals surface area contributed by atoms with Gasteiger partial charge in [0.2, 0.25) is 0 Å². The summed E-state index contributed by atoms with van der Waals surface area (Å²) in [6.07, 6.45) is 1.92. The van der Waals surface area contributed by atoms with E-state index in [1.807, 2.05) is 6.07 Å². The Morgan fingerprint density at radius 1 is 1.33 bits per heavy atom. The zero-order valence-electron chi connectivity index (χ0n) is 13.0. The Hall–Kier alpha value is -2.87. The second kappa shape index (κ2) is 5.64. The molecule has 3 aromatic rings. The van der Waals surface area contributed by atoms with Gasteiger partial charge in [-0.1, -0.05) is 6.07 Å². The van der Waals surface area contributed by atoms with Gasteiger partial charge in [-0.2, -0.15) is 5.10 Å². The molecule has 24 heavy (non-hydrogen) atoms. The van der Waals surface area contributed by atoms with E-state index in [2.05, 4.69) is 20.7 Å². The number of piperidine rings is 1. The van der Waals surface area contributed by atoms with Crippen molar-refractivity contribution in [2.24, 2.45) is 5.73 Å². The van der Waals surface area contributed by atoms with E-state index in [1.165, 1.54) is 0 Å². The number of aromatic amines is 1. The number of urea groups is 1. The van der Waals surface area contributed by atoms with E-state index in [0.717, 1.165) is 31.6 Å². The Kier molecular flexibility index (Phi) is 3.46. The molecule has 2 amide bonds. The molecule has 0 spiro atoms. The first-order valence-electron chi connectivity index (χ1n) is 7.95. The van der Waals surface area contributed by atoms with Crippen molar-refractivity contribution >= 4 is 28.3 Å². The summed E-state index contributed by atoms with van der Waals surface area (Å²) in [6, 6.07) is 6.35. The minimum Gasteiger partial charge on any atom is -0.351 e. The number of nitrogens with two attached hydrogens (primary N) is 1. The maximum Gasteiger partial charge on any atom is 0.316 e. The molecule has 0 radical (unpaired) electrons. The van der Waals surface area contributed by atoms with Gasteiger partial charge in [-0.3, -0.25) is 4.79 Å². The molecule has 0 aliphatic carbocycles. The summed E-state index contributed by atoms with van der Waals surface area (Å²) in [5.41, 5.74) is 7.78. The fourth-order valence-electron chi connectivity index (χ4n) is 3.43. The van der Waals surface area contributed by atoms with Gasteiger partial charge in [0.15, 0.2) is 0 Å². The van der Waals surface area contributed by atoms with Crippen LogP contribution in [0.1, 0.15) is 24.5 Å². The lowest BCUT2D eigenvalue weighted by Gasteiger charge is -2.23. The van der Waals surface area contributed by atoms with Crippen molar-refractivity contribution in [3.63, 3.8) is 0 Å². The van der Waals surface area contributed by atoms with Gasteiger partial charge in [0.25, 0.3) is 5.56 Å². The minimum absolute atomic E-state index is 0.174. The molecule has 2 aromatic heterocycles. The van der Waals surface area contributed by atoms with E-state index >= 15 is 0 Å². The number of anilines is 1. The molecule has 0 atom stereocenters. The highest BCUT2D eigenvalue weighted by Gasteiger charge is 2.21. The molecule has 4 rings (SSSR count).